The third-order valence-corrected chi connectivity index (χ3v) is 1.60. The van der Waals surface area contributed by atoms with Gasteiger partial charge in [0.05, 0.1) is 0 Å². The lowest BCUT2D eigenvalue weighted by molar-refractivity contribution is -0.130. The summed E-state index contributed by atoms with van der Waals surface area (Å²) in [5.41, 5.74) is 0. The molecular weight excluding hydrogens is 352 g/mol. The van der Waals surface area contributed by atoms with E-state index < -0.39 is 12.0 Å². The summed E-state index contributed by atoms with van der Waals surface area (Å²) in [4.78, 5) is 21.4. The highest BCUT2D eigenvalue weighted by molar-refractivity contribution is 9.21. The van der Waals surface area contributed by atoms with Gasteiger partial charge in [0.15, 0.2) is 16.3 Å². The van der Waals surface area contributed by atoms with E-state index in [1.54, 1.807) is 0 Å². The van der Waals surface area contributed by atoms with Crippen LogP contribution in [-0.4, -0.2) is 20.1 Å². The molecule has 0 aliphatic heterocycles. The first-order valence-corrected chi connectivity index (χ1v) is 4.32. The van der Waals surface area contributed by atoms with Crippen molar-refractivity contribution >= 4 is 60.6 Å². The average Bonchev–Trinajstić information content (AvgIpc) is 1.85. The normalized spacial score (nSPS) is 9.55. The lowest BCUT2D eigenvalue weighted by atomic mass is 10.7. The molecule has 0 fully saturated rings. The van der Waals surface area contributed by atoms with Gasteiger partial charge in [-0.05, 0) is 0 Å². The van der Waals surface area contributed by atoms with Crippen LogP contribution in [0.25, 0.3) is 0 Å². The van der Waals surface area contributed by atoms with Gasteiger partial charge in [-0.2, -0.15) is 5.01 Å². The predicted molar refractivity (Wildman–Crippen MR) is 47.6 cm³/mol. The van der Waals surface area contributed by atoms with Crippen molar-refractivity contribution in [1.82, 2.24) is 8.07 Å². The maximum absolute atomic E-state index is 10.7. The Hall–Kier alpha value is 0.340. The maximum Gasteiger partial charge on any atom is 0.444 e. The third kappa shape index (κ3) is 3.50. The average molecular weight is 355 g/mol. The second kappa shape index (κ2) is 5.07. The van der Waals surface area contributed by atoms with Crippen LogP contribution in [-0.2, 0) is 8.62 Å². The first-order valence-electron chi connectivity index (χ1n) is 2.25. The van der Waals surface area contributed by atoms with Crippen molar-refractivity contribution in [3.63, 3.8) is 0 Å². The van der Waals surface area contributed by atoms with Crippen LogP contribution in [0.15, 0.2) is 0 Å². The molecule has 0 spiro atoms. The van der Waals surface area contributed by atoms with Crippen molar-refractivity contribution in [2.45, 2.75) is 6.92 Å². The van der Waals surface area contributed by atoms with Crippen molar-refractivity contribution in [1.29, 1.82) is 0 Å². The molecular formula is C3H3Br3N2O3. The van der Waals surface area contributed by atoms with Crippen molar-refractivity contribution in [2.24, 2.45) is 0 Å². The van der Waals surface area contributed by atoms with Gasteiger partial charge in [0.1, 0.15) is 0 Å². The van der Waals surface area contributed by atoms with Crippen molar-refractivity contribution in [3.8, 4) is 0 Å². The summed E-state index contributed by atoms with van der Waals surface area (Å²) in [5.74, 6) is -0.497. The lowest BCUT2D eigenvalue weighted by Crippen LogP contribution is -2.38. The molecule has 0 unspecified atom stereocenters. The maximum atomic E-state index is 10.7. The highest BCUT2D eigenvalue weighted by Gasteiger charge is 2.23. The second-order valence-corrected chi connectivity index (χ2v) is 4.01. The van der Waals surface area contributed by atoms with Gasteiger partial charge in [-0.15, -0.1) is 0 Å². The molecule has 0 aliphatic carbocycles. The summed E-state index contributed by atoms with van der Waals surface area (Å²) in [6.07, 6.45) is -0.855. The molecule has 0 radical (unpaired) electrons. The minimum absolute atomic E-state index is 0.497. The molecule has 2 amide bonds. The van der Waals surface area contributed by atoms with Crippen molar-refractivity contribution in [2.75, 3.05) is 0 Å². The topological polar surface area (TPSA) is 49.9 Å². The Morgan fingerprint density at radius 1 is 1.36 bits per heavy atom. The van der Waals surface area contributed by atoms with Crippen LogP contribution >= 0.6 is 48.6 Å². The fourth-order valence-corrected chi connectivity index (χ4v) is 1.17. The highest BCUT2D eigenvalue weighted by atomic mass is 79.9. The van der Waals surface area contributed by atoms with Crippen LogP contribution in [0.5, 0.6) is 0 Å². The van der Waals surface area contributed by atoms with E-state index in [1.165, 1.54) is 6.92 Å². The fraction of sp³-hybridized carbons (Fsp3) is 0.333. The molecule has 0 aromatic heterocycles. The van der Waals surface area contributed by atoms with Crippen LogP contribution in [0.3, 0.4) is 0 Å². The Labute approximate surface area is 88.7 Å². The first kappa shape index (κ1) is 11.3. The van der Waals surface area contributed by atoms with Crippen LogP contribution in [0, 0.1) is 0 Å². The number of amides is 2. The zero-order chi connectivity index (χ0) is 9.02. The minimum Gasteiger partial charge on any atom is -0.366 e. The molecule has 0 saturated heterocycles. The van der Waals surface area contributed by atoms with E-state index in [1.807, 2.05) is 0 Å². The van der Waals surface area contributed by atoms with Gasteiger partial charge in [0, 0.05) is 39.2 Å². The van der Waals surface area contributed by atoms with E-state index in [0.717, 1.165) is 3.06 Å². The number of carbonyl (C=O) groups is 2. The number of nitrogens with zero attached hydrogens (tertiary/aromatic N) is 2. The Morgan fingerprint density at radius 3 is 1.91 bits per heavy atom. The largest absolute Gasteiger partial charge is 0.444 e. The molecule has 8 heteroatoms. The number of halogens is 3. The Morgan fingerprint density at radius 2 is 1.82 bits per heavy atom. The standard InChI is InChI=1S/C3H3Br3N2O3/c1-2(9)7(8(4)5)3(10)11-6/h1H3. The van der Waals surface area contributed by atoms with E-state index in [2.05, 4.69) is 52.4 Å². The number of hydrogen-bond acceptors (Lipinski definition) is 4. The molecule has 0 bridgehead atoms. The fourth-order valence-electron chi connectivity index (χ4n) is 0.329. The number of rotatable bonds is 1. The molecule has 0 aromatic rings. The summed E-state index contributed by atoms with van der Waals surface area (Å²) < 4.78 is 5.06. The second-order valence-electron chi connectivity index (χ2n) is 1.39. The van der Waals surface area contributed by atoms with Crippen LogP contribution in [0.2, 0.25) is 0 Å². The summed E-state index contributed by atoms with van der Waals surface area (Å²) in [7, 11) is 0. The van der Waals surface area contributed by atoms with E-state index in [9.17, 15) is 9.59 Å². The molecule has 5 nitrogen and oxygen atoms in total. The Kier molecular flexibility index (Phi) is 5.23. The molecule has 0 aliphatic rings. The molecule has 0 N–H and O–H groups in total. The van der Waals surface area contributed by atoms with Gasteiger partial charge in [-0.3, -0.25) is 4.79 Å². The molecule has 0 rings (SSSR count). The zero-order valence-corrected chi connectivity index (χ0v) is 10.0. The Balaban J connectivity index is 4.34. The van der Waals surface area contributed by atoms with E-state index in [0.29, 0.717) is 5.01 Å². The zero-order valence-electron chi connectivity index (χ0n) is 5.25. The first-order chi connectivity index (χ1) is 5.00. The molecule has 11 heavy (non-hydrogen) atoms. The van der Waals surface area contributed by atoms with Gasteiger partial charge >= 0.3 is 6.09 Å². The monoisotopic (exact) mass is 352 g/mol. The third-order valence-electron chi connectivity index (χ3n) is 0.688. The number of hydrazine groups is 1. The lowest BCUT2D eigenvalue weighted by Gasteiger charge is -2.18. The highest BCUT2D eigenvalue weighted by Crippen LogP contribution is 2.13. The van der Waals surface area contributed by atoms with Crippen molar-refractivity contribution in [3.05, 3.63) is 0 Å². The van der Waals surface area contributed by atoms with E-state index in [4.69, 9.17) is 0 Å². The number of hydrogen-bond donors (Lipinski definition) is 0. The molecule has 0 atom stereocenters. The smallest absolute Gasteiger partial charge is 0.366 e. The van der Waals surface area contributed by atoms with Gasteiger partial charge < -0.3 is 3.83 Å². The van der Waals surface area contributed by atoms with E-state index in [-0.39, 0.29) is 0 Å². The summed E-state index contributed by atoms with van der Waals surface area (Å²) >= 11 is 8.07. The van der Waals surface area contributed by atoms with Crippen LogP contribution < -0.4 is 0 Å². The van der Waals surface area contributed by atoms with Crippen LogP contribution in [0.4, 0.5) is 4.79 Å². The SMILES string of the molecule is CC(=O)N(C(=O)OBr)N(Br)Br. The quantitative estimate of drug-likeness (QED) is 0.534. The number of carbonyl (C=O) groups excluding carboxylic acids is 2. The summed E-state index contributed by atoms with van der Waals surface area (Å²) in [6, 6.07) is 0. The van der Waals surface area contributed by atoms with Crippen LogP contribution in [0.1, 0.15) is 6.92 Å². The van der Waals surface area contributed by atoms with Gasteiger partial charge in [0.25, 0.3) is 0 Å². The molecule has 0 aromatic carbocycles. The van der Waals surface area contributed by atoms with Gasteiger partial charge in [-0.1, -0.05) is 3.06 Å². The summed E-state index contributed by atoms with van der Waals surface area (Å²) in [5, 5.41) is 0.675. The summed E-state index contributed by atoms with van der Waals surface area (Å²) in [6.45, 7) is 1.21. The minimum atomic E-state index is -0.855. The van der Waals surface area contributed by atoms with Gasteiger partial charge in [0.2, 0.25) is 5.91 Å². The molecule has 0 saturated carbocycles. The van der Waals surface area contributed by atoms with Crippen molar-refractivity contribution < 1.29 is 13.4 Å². The van der Waals surface area contributed by atoms with Gasteiger partial charge in [-0.25, -0.2) is 4.79 Å². The Bertz CT molecular complexity index is 173. The number of imide groups is 1. The molecule has 64 valence electrons. The van der Waals surface area contributed by atoms with E-state index >= 15 is 0 Å². The molecule has 0 heterocycles. The predicted octanol–water partition coefficient (Wildman–Crippen LogP) is 2.12.